The fourth-order valence-electron chi connectivity index (χ4n) is 4.32. The van der Waals surface area contributed by atoms with Crippen LogP contribution in [-0.4, -0.2) is 58.5 Å². The van der Waals surface area contributed by atoms with E-state index in [0.717, 1.165) is 54.5 Å². The molecular weight excluding hydrogens is 316 g/mol. The molecule has 2 fully saturated rings. The van der Waals surface area contributed by atoms with Crippen molar-refractivity contribution in [3.8, 4) is 0 Å². The zero-order valence-corrected chi connectivity index (χ0v) is 15.4. The molecular formula is C20H28N2O3. The molecule has 2 saturated heterocycles. The van der Waals surface area contributed by atoms with Crippen molar-refractivity contribution in [2.45, 2.75) is 58.5 Å². The van der Waals surface area contributed by atoms with E-state index in [9.17, 15) is 14.7 Å². The summed E-state index contributed by atoms with van der Waals surface area (Å²) in [6.07, 6.45) is 3.42. The summed E-state index contributed by atoms with van der Waals surface area (Å²) < 4.78 is 0. The second kappa shape index (κ2) is 7.16. The lowest BCUT2D eigenvalue weighted by Crippen LogP contribution is -2.50. The molecule has 136 valence electrons. The standard InChI is InChI=1S/C20H28N2O3/c1-13-11-14(2)15(3)17(12-13)19(23)21-9-6-16(7-10-21)22-8-4-5-18(22)20(24)25/h11-12,16,18H,4-10H2,1-3H3,(H,24,25). The third kappa shape index (κ3) is 3.56. The summed E-state index contributed by atoms with van der Waals surface area (Å²) in [6, 6.07) is 4.04. The largest absolute Gasteiger partial charge is 0.480 e. The van der Waals surface area contributed by atoms with E-state index in [1.807, 2.05) is 31.7 Å². The number of aliphatic carboxylic acids is 1. The first kappa shape index (κ1) is 17.9. The van der Waals surface area contributed by atoms with Gasteiger partial charge in [-0.1, -0.05) is 11.6 Å². The smallest absolute Gasteiger partial charge is 0.320 e. The van der Waals surface area contributed by atoms with Crippen molar-refractivity contribution in [3.05, 3.63) is 34.4 Å². The molecule has 5 heteroatoms. The van der Waals surface area contributed by atoms with Crippen molar-refractivity contribution in [2.24, 2.45) is 0 Å². The van der Waals surface area contributed by atoms with Gasteiger partial charge in [-0.25, -0.2) is 0 Å². The van der Waals surface area contributed by atoms with Gasteiger partial charge < -0.3 is 10.0 Å². The molecule has 0 radical (unpaired) electrons. The first-order valence-electron chi connectivity index (χ1n) is 9.24. The van der Waals surface area contributed by atoms with E-state index in [1.165, 1.54) is 0 Å². The predicted octanol–water partition coefficient (Wildman–Crippen LogP) is 2.77. The van der Waals surface area contributed by atoms with Crippen molar-refractivity contribution >= 4 is 11.9 Å². The van der Waals surface area contributed by atoms with Crippen LogP contribution in [-0.2, 0) is 4.79 Å². The number of carboxylic acids is 1. The van der Waals surface area contributed by atoms with E-state index in [0.29, 0.717) is 13.1 Å². The lowest BCUT2D eigenvalue weighted by atomic mass is 9.97. The van der Waals surface area contributed by atoms with Gasteiger partial charge in [0.25, 0.3) is 5.91 Å². The van der Waals surface area contributed by atoms with Crippen molar-refractivity contribution < 1.29 is 14.7 Å². The van der Waals surface area contributed by atoms with Crippen LogP contribution in [0, 0.1) is 20.8 Å². The molecule has 0 aromatic heterocycles. The zero-order chi connectivity index (χ0) is 18.1. The molecule has 1 N–H and O–H groups in total. The van der Waals surface area contributed by atoms with Gasteiger partial charge in [-0.3, -0.25) is 14.5 Å². The van der Waals surface area contributed by atoms with Crippen LogP contribution in [0.25, 0.3) is 0 Å². The Kier molecular flexibility index (Phi) is 5.13. The maximum Gasteiger partial charge on any atom is 0.320 e. The first-order chi connectivity index (χ1) is 11.9. The Morgan fingerprint density at radius 2 is 1.72 bits per heavy atom. The minimum absolute atomic E-state index is 0.110. The number of hydrogen-bond acceptors (Lipinski definition) is 3. The number of piperidine rings is 1. The van der Waals surface area contributed by atoms with Gasteiger partial charge in [0.05, 0.1) is 0 Å². The van der Waals surface area contributed by atoms with Gasteiger partial charge >= 0.3 is 5.97 Å². The Balaban J connectivity index is 1.66. The molecule has 0 aliphatic carbocycles. The van der Waals surface area contributed by atoms with Crippen molar-refractivity contribution in [2.75, 3.05) is 19.6 Å². The minimum atomic E-state index is -0.707. The third-order valence-electron chi connectivity index (χ3n) is 5.84. The highest BCUT2D eigenvalue weighted by Gasteiger charge is 2.37. The second-order valence-corrected chi connectivity index (χ2v) is 7.51. The molecule has 0 spiro atoms. The number of nitrogens with zero attached hydrogens (tertiary/aromatic N) is 2. The van der Waals surface area contributed by atoms with Gasteiger partial charge in [0, 0.05) is 24.7 Å². The number of amides is 1. The molecule has 5 nitrogen and oxygen atoms in total. The van der Waals surface area contributed by atoms with E-state index in [-0.39, 0.29) is 18.0 Å². The minimum Gasteiger partial charge on any atom is -0.480 e. The molecule has 0 saturated carbocycles. The van der Waals surface area contributed by atoms with Crippen LogP contribution in [0.1, 0.15) is 52.7 Å². The molecule has 1 amide bonds. The summed E-state index contributed by atoms with van der Waals surface area (Å²) in [5.74, 6) is -0.596. The average molecular weight is 344 g/mol. The van der Waals surface area contributed by atoms with E-state index in [1.54, 1.807) is 0 Å². The Bertz CT molecular complexity index is 678. The second-order valence-electron chi connectivity index (χ2n) is 7.51. The Morgan fingerprint density at radius 1 is 1.04 bits per heavy atom. The fourth-order valence-corrected chi connectivity index (χ4v) is 4.32. The van der Waals surface area contributed by atoms with Crippen LogP contribution in [0.2, 0.25) is 0 Å². The number of likely N-dealkylation sites (tertiary alicyclic amines) is 2. The van der Waals surface area contributed by atoms with E-state index >= 15 is 0 Å². The third-order valence-corrected chi connectivity index (χ3v) is 5.84. The normalized spacial score (nSPS) is 22.4. The highest BCUT2D eigenvalue weighted by Crippen LogP contribution is 2.27. The lowest BCUT2D eigenvalue weighted by molar-refractivity contribution is -0.143. The highest BCUT2D eigenvalue weighted by atomic mass is 16.4. The summed E-state index contributed by atoms with van der Waals surface area (Å²) in [7, 11) is 0. The molecule has 0 bridgehead atoms. The maximum absolute atomic E-state index is 12.9. The summed E-state index contributed by atoms with van der Waals surface area (Å²) in [5, 5.41) is 9.38. The predicted molar refractivity (Wildman–Crippen MR) is 96.9 cm³/mol. The first-order valence-corrected chi connectivity index (χ1v) is 9.24. The van der Waals surface area contributed by atoms with Gasteiger partial charge in [0.2, 0.25) is 0 Å². The van der Waals surface area contributed by atoms with Crippen LogP contribution in [0.4, 0.5) is 0 Å². The Labute approximate surface area is 149 Å². The van der Waals surface area contributed by atoms with Gasteiger partial charge in [0.15, 0.2) is 0 Å². The van der Waals surface area contributed by atoms with Crippen molar-refractivity contribution in [1.29, 1.82) is 0 Å². The number of carboxylic acid groups (broad SMARTS) is 1. The number of rotatable bonds is 3. The molecule has 2 heterocycles. The average Bonchev–Trinajstić information content (AvgIpc) is 3.07. The summed E-state index contributed by atoms with van der Waals surface area (Å²) >= 11 is 0. The van der Waals surface area contributed by atoms with Crippen molar-refractivity contribution in [1.82, 2.24) is 9.80 Å². The van der Waals surface area contributed by atoms with E-state index in [2.05, 4.69) is 11.0 Å². The monoisotopic (exact) mass is 344 g/mol. The topological polar surface area (TPSA) is 60.9 Å². The molecule has 2 aliphatic heterocycles. The molecule has 1 unspecified atom stereocenters. The van der Waals surface area contributed by atoms with Crippen molar-refractivity contribution in [3.63, 3.8) is 0 Å². The van der Waals surface area contributed by atoms with Gasteiger partial charge in [-0.15, -0.1) is 0 Å². The van der Waals surface area contributed by atoms with Crippen LogP contribution >= 0.6 is 0 Å². The van der Waals surface area contributed by atoms with E-state index < -0.39 is 5.97 Å². The van der Waals surface area contributed by atoms with Crippen LogP contribution in [0.3, 0.4) is 0 Å². The van der Waals surface area contributed by atoms with Gasteiger partial charge in [-0.05, 0) is 70.2 Å². The number of carbonyl (C=O) groups excluding carboxylic acids is 1. The summed E-state index contributed by atoms with van der Waals surface area (Å²) in [5.41, 5.74) is 4.13. The maximum atomic E-state index is 12.9. The highest BCUT2D eigenvalue weighted by molar-refractivity contribution is 5.96. The number of aryl methyl sites for hydroxylation is 2. The Morgan fingerprint density at radius 3 is 2.36 bits per heavy atom. The summed E-state index contributed by atoms with van der Waals surface area (Å²) in [6.45, 7) is 8.36. The molecule has 1 aromatic rings. The molecule has 1 aromatic carbocycles. The number of hydrogen-bond donors (Lipinski definition) is 1. The van der Waals surface area contributed by atoms with E-state index in [4.69, 9.17) is 0 Å². The zero-order valence-electron chi connectivity index (χ0n) is 15.4. The SMILES string of the molecule is Cc1cc(C)c(C)c(C(=O)N2CCC(N3CCCC3C(=O)O)CC2)c1. The quantitative estimate of drug-likeness (QED) is 0.916. The van der Waals surface area contributed by atoms with Crippen LogP contribution in [0.5, 0.6) is 0 Å². The number of benzene rings is 1. The fraction of sp³-hybridized carbons (Fsp3) is 0.600. The Hall–Kier alpha value is -1.88. The number of carbonyl (C=O) groups is 2. The van der Waals surface area contributed by atoms with Gasteiger partial charge in [0.1, 0.15) is 6.04 Å². The van der Waals surface area contributed by atoms with Gasteiger partial charge in [-0.2, -0.15) is 0 Å². The molecule has 25 heavy (non-hydrogen) atoms. The van der Waals surface area contributed by atoms with Crippen LogP contribution in [0.15, 0.2) is 12.1 Å². The van der Waals surface area contributed by atoms with Crippen LogP contribution < -0.4 is 0 Å². The molecule has 3 rings (SSSR count). The molecule has 1 atom stereocenters. The summed E-state index contributed by atoms with van der Waals surface area (Å²) in [4.78, 5) is 28.4. The molecule has 2 aliphatic rings. The lowest BCUT2D eigenvalue weighted by Gasteiger charge is -2.38.